The smallest absolute Gasteiger partial charge is 0.262 e. The Morgan fingerprint density at radius 1 is 1.57 bits per heavy atom. The molecule has 1 N–H and O–H groups in total. The molecule has 0 spiro atoms. The molecule has 0 unspecified atom stereocenters. The molecule has 0 radical (unpaired) electrons. The average molecular weight is 217 g/mol. The fourth-order valence-electron chi connectivity index (χ4n) is 0.743. The minimum absolute atomic E-state index is 0.244. The lowest BCUT2D eigenvalue weighted by atomic mass is 10.1. The fraction of sp³-hybridized carbons (Fsp3) is 0.333. The first-order valence-electron chi connectivity index (χ1n) is 4.02. The highest BCUT2D eigenvalue weighted by Crippen LogP contribution is 2.14. The van der Waals surface area contributed by atoms with E-state index in [1.165, 1.54) is 19.9 Å². The summed E-state index contributed by atoms with van der Waals surface area (Å²) in [6.45, 7) is 2.35. The number of nitrogens with zero attached hydrogens (tertiary/aromatic N) is 1. The molecule has 0 fully saturated rings. The van der Waals surface area contributed by atoms with Gasteiger partial charge in [0, 0.05) is 0 Å². The highest BCUT2D eigenvalue weighted by molar-refractivity contribution is 6.29. The van der Waals surface area contributed by atoms with Gasteiger partial charge < -0.3 is 5.32 Å². The maximum Gasteiger partial charge on any atom is 0.262 e. The van der Waals surface area contributed by atoms with Crippen LogP contribution in [0.25, 0.3) is 0 Å². The van der Waals surface area contributed by atoms with Crippen LogP contribution in [0.15, 0.2) is 18.2 Å². The van der Waals surface area contributed by atoms with Crippen LogP contribution in [-0.2, 0) is 4.79 Å². The number of hydrogen-bond acceptors (Lipinski definition) is 2. The molecular weight excluding hydrogens is 207 g/mol. The van der Waals surface area contributed by atoms with Gasteiger partial charge in [-0.25, -0.2) is 9.37 Å². The van der Waals surface area contributed by atoms with Crippen molar-refractivity contribution < 1.29 is 9.18 Å². The highest BCUT2D eigenvalue weighted by atomic mass is 35.5. The van der Waals surface area contributed by atoms with E-state index in [4.69, 9.17) is 11.6 Å². The third-order valence-electron chi connectivity index (χ3n) is 1.50. The average Bonchev–Trinajstić information content (AvgIpc) is 2.02. The second kappa shape index (κ2) is 3.92. The second-order valence-electron chi connectivity index (χ2n) is 3.27. The molecule has 0 aliphatic carbocycles. The van der Waals surface area contributed by atoms with Gasteiger partial charge in [-0.1, -0.05) is 17.7 Å². The van der Waals surface area contributed by atoms with Crippen LogP contribution in [0, 0.1) is 0 Å². The molecule has 1 aromatic rings. The molecule has 0 aliphatic heterocycles. The first-order chi connectivity index (χ1) is 6.39. The van der Waals surface area contributed by atoms with Crippen LogP contribution in [0.2, 0.25) is 5.15 Å². The number of alkyl halides is 1. The highest BCUT2D eigenvalue weighted by Gasteiger charge is 2.26. The summed E-state index contributed by atoms with van der Waals surface area (Å²) >= 11 is 5.59. The molecule has 0 aliphatic rings. The zero-order valence-corrected chi connectivity index (χ0v) is 8.60. The van der Waals surface area contributed by atoms with Crippen LogP contribution < -0.4 is 5.32 Å². The Labute approximate surface area is 86.3 Å². The summed E-state index contributed by atoms with van der Waals surface area (Å²) in [5.41, 5.74) is -1.93. The first-order valence-corrected chi connectivity index (χ1v) is 4.40. The van der Waals surface area contributed by atoms with Gasteiger partial charge in [-0.3, -0.25) is 4.79 Å². The summed E-state index contributed by atoms with van der Waals surface area (Å²) in [6.07, 6.45) is 0. The minimum Gasteiger partial charge on any atom is -0.308 e. The topological polar surface area (TPSA) is 42.0 Å². The number of anilines is 1. The van der Waals surface area contributed by atoms with Gasteiger partial charge in [0.2, 0.25) is 0 Å². The Bertz CT molecular complexity index is 349. The number of carbonyl (C=O) groups is 1. The number of halogens is 2. The van der Waals surface area contributed by atoms with Crippen molar-refractivity contribution >= 4 is 23.3 Å². The van der Waals surface area contributed by atoms with Crippen molar-refractivity contribution in [2.24, 2.45) is 0 Å². The van der Waals surface area contributed by atoms with E-state index in [0.717, 1.165) is 0 Å². The monoisotopic (exact) mass is 216 g/mol. The molecule has 3 nitrogen and oxygen atoms in total. The van der Waals surface area contributed by atoms with Crippen molar-refractivity contribution in [1.82, 2.24) is 4.98 Å². The molecule has 0 bridgehead atoms. The van der Waals surface area contributed by atoms with Gasteiger partial charge in [-0.05, 0) is 26.0 Å². The van der Waals surface area contributed by atoms with Crippen LogP contribution >= 0.6 is 11.6 Å². The Kier molecular flexibility index (Phi) is 3.06. The van der Waals surface area contributed by atoms with Gasteiger partial charge in [0.25, 0.3) is 5.91 Å². The minimum atomic E-state index is -1.93. The zero-order valence-electron chi connectivity index (χ0n) is 7.84. The predicted octanol–water partition coefficient (Wildman–Crippen LogP) is 2.42. The predicted molar refractivity (Wildman–Crippen MR) is 53.1 cm³/mol. The number of carbonyl (C=O) groups excluding carboxylic acids is 1. The van der Waals surface area contributed by atoms with Crippen LogP contribution in [0.1, 0.15) is 13.8 Å². The number of rotatable bonds is 2. The van der Waals surface area contributed by atoms with E-state index in [1.807, 2.05) is 0 Å². The van der Waals surface area contributed by atoms with Gasteiger partial charge in [-0.15, -0.1) is 0 Å². The molecule has 5 heteroatoms. The summed E-state index contributed by atoms with van der Waals surface area (Å²) < 4.78 is 13.1. The molecule has 0 saturated carbocycles. The molecule has 1 heterocycles. The van der Waals surface area contributed by atoms with Crippen LogP contribution in [0.3, 0.4) is 0 Å². The van der Waals surface area contributed by atoms with Gasteiger partial charge in [0.05, 0.1) is 0 Å². The van der Waals surface area contributed by atoms with E-state index in [0.29, 0.717) is 0 Å². The number of pyridine rings is 1. The summed E-state index contributed by atoms with van der Waals surface area (Å²) in [5.74, 6) is -0.500. The summed E-state index contributed by atoms with van der Waals surface area (Å²) in [5, 5.41) is 2.56. The Morgan fingerprint density at radius 3 is 2.71 bits per heavy atom. The number of amides is 1. The maximum atomic E-state index is 13.1. The summed E-state index contributed by atoms with van der Waals surface area (Å²) in [6, 6.07) is 4.73. The third-order valence-corrected chi connectivity index (χ3v) is 1.71. The molecule has 0 saturated heterocycles. The standard InChI is InChI=1S/C9H10ClFN2O/c1-9(2,11)8(14)13-7-5-3-4-6(10)12-7/h3-5H,1-2H3,(H,12,13,14). The molecule has 0 atom stereocenters. The van der Waals surface area contributed by atoms with Crippen molar-refractivity contribution in [2.75, 3.05) is 5.32 Å². The third kappa shape index (κ3) is 2.96. The second-order valence-corrected chi connectivity index (χ2v) is 3.66. The van der Waals surface area contributed by atoms with Crippen molar-refractivity contribution in [2.45, 2.75) is 19.5 Å². The van der Waals surface area contributed by atoms with Gasteiger partial charge >= 0.3 is 0 Å². The van der Waals surface area contributed by atoms with Crippen molar-refractivity contribution in [3.05, 3.63) is 23.4 Å². The van der Waals surface area contributed by atoms with Crippen molar-refractivity contribution in [3.8, 4) is 0 Å². The van der Waals surface area contributed by atoms with Crippen LogP contribution in [-0.4, -0.2) is 16.6 Å². The molecule has 76 valence electrons. The quantitative estimate of drug-likeness (QED) is 0.772. The molecule has 0 aromatic carbocycles. The van der Waals surface area contributed by atoms with E-state index in [-0.39, 0.29) is 11.0 Å². The zero-order chi connectivity index (χ0) is 10.8. The molecular formula is C9H10ClFN2O. The van der Waals surface area contributed by atoms with E-state index in [9.17, 15) is 9.18 Å². The van der Waals surface area contributed by atoms with E-state index >= 15 is 0 Å². The lowest BCUT2D eigenvalue weighted by Crippen LogP contribution is -2.32. The normalized spacial score (nSPS) is 11.1. The van der Waals surface area contributed by atoms with Gasteiger partial charge in [0.15, 0.2) is 5.67 Å². The molecule has 1 aromatic heterocycles. The Hall–Kier alpha value is -1.16. The van der Waals surface area contributed by atoms with Crippen LogP contribution in [0.5, 0.6) is 0 Å². The molecule has 1 rings (SSSR count). The largest absolute Gasteiger partial charge is 0.308 e. The number of aromatic nitrogens is 1. The van der Waals surface area contributed by atoms with Crippen molar-refractivity contribution in [3.63, 3.8) is 0 Å². The van der Waals surface area contributed by atoms with E-state index < -0.39 is 11.6 Å². The SMILES string of the molecule is CC(C)(F)C(=O)Nc1cccc(Cl)n1. The lowest BCUT2D eigenvalue weighted by Gasteiger charge is -2.13. The Morgan fingerprint density at radius 2 is 2.21 bits per heavy atom. The summed E-state index contributed by atoms with van der Waals surface area (Å²) in [4.78, 5) is 15.0. The van der Waals surface area contributed by atoms with E-state index in [1.54, 1.807) is 12.1 Å². The molecule has 14 heavy (non-hydrogen) atoms. The first kappa shape index (κ1) is 10.9. The van der Waals surface area contributed by atoms with E-state index in [2.05, 4.69) is 10.3 Å². The summed E-state index contributed by atoms with van der Waals surface area (Å²) in [7, 11) is 0. The van der Waals surface area contributed by atoms with Gasteiger partial charge in [0.1, 0.15) is 11.0 Å². The Balaban J connectivity index is 2.75. The number of hydrogen-bond donors (Lipinski definition) is 1. The van der Waals surface area contributed by atoms with Crippen LogP contribution in [0.4, 0.5) is 10.2 Å². The van der Waals surface area contributed by atoms with Crippen molar-refractivity contribution in [1.29, 1.82) is 0 Å². The fourth-order valence-corrected chi connectivity index (χ4v) is 0.907. The lowest BCUT2D eigenvalue weighted by molar-refractivity contribution is -0.125. The number of nitrogens with one attached hydrogen (secondary N) is 1. The molecule has 1 amide bonds. The maximum absolute atomic E-state index is 13.1. The van der Waals surface area contributed by atoms with Gasteiger partial charge in [-0.2, -0.15) is 0 Å².